The van der Waals surface area contributed by atoms with Gasteiger partial charge in [0.1, 0.15) is 5.69 Å². The van der Waals surface area contributed by atoms with Crippen LogP contribution in [-0.4, -0.2) is 59.1 Å². The number of aryl methyl sites for hydroxylation is 1. The second-order valence-electron chi connectivity index (χ2n) is 7.62. The maximum absolute atomic E-state index is 12.6. The van der Waals surface area contributed by atoms with E-state index in [0.717, 1.165) is 27.9 Å². The van der Waals surface area contributed by atoms with Gasteiger partial charge >= 0.3 is 6.03 Å². The van der Waals surface area contributed by atoms with Crippen molar-refractivity contribution in [2.24, 2.45) is 12.1 Å². The molecule has 3 aromatic rings. The topological polar surface area (TPSA) is 93.9 Å². The Morgan fingerprint density at radius 1 is 1.09 bits per heavy atom. The Labute approximate surface area is 186 Å². The molecule has 0 spiro atoms. The number of fused-ring (bicyclic) bond motifs is 1. The molecule has 1 aliphatic heterocycles. The molecule has 1 aromatic heterocycles. The van der Waals surface area contributed by atoms with Crippen LogP contribution in [0.25, 0.3) is 11.3 Å². The van der Waals surface area contributed by atoms with E-state index in [1.54, 1.807) is 25.9 Å². The van der Waals surface area contributed by atoms with Crippen molar-refractivity contribution < 1.29 is 14.3 Å². The molecule has 9 nitrogen and oxygen atoms in total. The van der Waals surface area contributed by atoms with Crippen molar-refractivity contribution in [3.8, 4) is 22.8 Å². The summed E-state index contributed by atoms with van der Waals surface area (Å²) >= 11 is 0. The molecule has 2 heterocycles. The number of nitrogens with zero attached hydrogens (tertiary/aromatic N) is 5. The third-order valence-corrected chi connectivity index (χ3v) is 5.48. The van der Waals surface area contributed by atoms with E-state index in [1.807, 2.05) is 56.6 Å². The molecule has 2 amide bonds. The van der Waals surface area contributed by atoms with Gasteiger partial charge in [-0.1, -0.05) is 29.5 Å². The number of amides is 2. The third-order valence-electron chi connectivity index (χ3n) is 5.48. The highest BCUT2D eigenvalue weighted by Gasteiger charge is 2.28. The number of rotatable bonds is 4. The Kier molecular flexibility index (Phi) is 5.81. The first kappa shape index (κ1) is 21.4. The summed E-state index contributed by atoms with van der Waals surface area (Å²) in [5.41, 5.74) is 5.20. The van der Waals surface area contributed by atoms with Crippen LogP contribution >= 0.6 is 0 Å². The van der Waals surface area contributed by atoms with Gasteiger partial charge in [0.2, 0.25) is 0 Å². The minimum absolute atomic E-state index is 0.150. The predicted octanol–water partition coefficient (Wildman–Crippen LogP) is 2.84. The fourth-order valence-electron chi connectivity index (χ4n) is 3.83. The van der Waals surface area contributed by atoms with Crippen LogP contribution in [0.4, 0.5) is 4.79 Å². The lowest BCUT2D eigenvalue weighted by molar-refractivity contribution is 0.184. The third kappa shape index (κ3) is 3.89. The zero-order valence-corrected chi connectivity index (χ0v) is 18.8. The average Bonchev–Trinajstić information content (AvgIpc) is 3.19. The van der Waals surface area contributed by atoms with Crippen molar-refractivity contribution in [3.63, 3.8) is 0 Å². The molecule has 0 fully saturated rings. The molecule has 1 aliphatic rings. The first-order chi connectivity index (χ1) is 15.4. The van der Waals surface area contributed by atoms with E-state index in [2.05, 4.69) is 15.6 Å². The SMILES string of the molecule is CNC(=O)N1N=C(c2ccc(-c3cn(C)nn3)cc2)c2cc(OC)c(OC)cc2CC1C. The largest absolute Gasteiger partial charge is 0.493 e. The van der Waals surface area contributed by atoms with Crippen molar-refractivity contribution in [1.82, 2.24) is 25.3 Å². The second kappa shape index (κ2) is 8.70. The van der Waals surface area contributed by atoms with E-state index in [9.17, 15) is 4.79 Å². The van der Waals surface area contributed by atoms with Gasteiger partial charge in [0.15, 0.2) is 11.5 Å². The second-order valence-corrected chi connectivity index (χ2v) is 7.62. The number of benzene rings is 2. The molecule has 0 aliphatic carbocycles. The maximum Gasteiger partial charge on any atom is 0.337 e. The molecule has 1 atom stereocenters. The van der Waals surface area contributed by atoms with Gasteiger partial charge in [-0.05, 0) is 31.0 Å². The number of urea groups is 1. The van der Waals surface area contributed by atoms with Crippen LogP contribution < -0.4 is 14.8 Å². The average molecular weight is 435 g/mol. The molecular formula is C23H26N6O3. The molecule has 32 heavy (non-hydrogen) atoms. The molecule has 9 heteroatoms. The van der Waals surface area contributed by atoms with Crippen LogP contribution in [0, 0.1) is 0 Å². The minimum atomic E-state index is -0.266. The van der Waals surface area contributed by atoms with Gasteiger partial charge in [-0.3, -0.25) is 4.68 Å². The van der Waals surface area contributed by atoms with Crippen LogP contribution in [0.3, 0.4) is 0 Å². The van der Waals surface area contributed by atoms with Crippen molar-refractivity contribution in [2.45, 2.75) is 19.4 Å². The summed E-state index contributed by atoms with van der Waals surface area (Å²) in [6, 6.07) is 11.4. The van der Waals surface area contributed by atoms with Gasteiger partial charge in [0.05, 0.1) is 32.2 Å². The number of aromatic nitrogens is 3. The van der Waals surface area contributed by atoms with Gasteiger partial charge in [-0.25, -0.2) is 9.80 Å². The summed E-state index contributed by atoms with van der Waals surface area (Å²) in [5.74, 6) is 1.25. The summed E-state index contributed by atoms with van der Waals surface area (Å²) in [7, 11) is 6.65. The van der Waals surface area contributed by atoms with Crippen molar-refractivity contribution in [1.29, 1.82) is 0 Å². The predicted molar refractivity (Wildman–Crippen MR) is 121 cm³/mol. The number of hydrazone groups is 1. The van der Waals surface area contributed by atoms with E-state index in [4.69, 9.17) is 14.6 Å². The van der Waals surface area contributed by atoms with E-state index >= 15 is 0 Å². The lowest BCUT2D eigenvalue weighted by atomic mass is 9.93. The Morgan fingerprint density at radius 2 is 1.75 bits per heavy atom. The Hall–Kier alpha value is -3.88. The standard InChI is InChI=1S/C23H26N6O3/c1-14-10-17-11-20(31-4)21(32-5)12-18(17)22(26-29(14)23(30)24-2)16-8-6-15(7-9-16)19-13-28(3)27-25-19/h6-9,11-14H,10H2,1-5H3,(H,24,30). The van der Waals surface area contributed by atoms with Gasteiger partial charge < -0.3 is 14.8 Å². The smallest absolute Gasteiger partial charge is 0.337 e. The van der Waals surface area contributed by atoms with E-state index in [-0.39, 0.29) is 12.1 Å². The van der Waals surface area contributed by atoms with Crippen LogP contribution in [0.15, 0.2) is 47.7 Å². The first-order valence-electron chi connectivity index (χ1n) is 10.3. The van der Waals surface area contributed by atoms with Crippen LogP contribution in [0.5, 0.6) is 11.5 Å². The molecule has 0 saturated carbocycles. The van der Waals surface area contributed by atoms with Crippen molar-refractivity contribution >= 4 is 11.7 Å². The van der Waals surface area contributed by atoms with Crippen LogP contribution in [0.1, 0.15) is 23.6 Å². The Balaban J connectivity index is 1.85. The lowest BCUT2D eigenvalue weighted by Crippen LogP contribution is -2.41. The van der Waals surface area contributed by atoms with Gasteiger partial charge in [0.25, 0.3) is 0 Å². The van der Waals surface area contributed by atoms with Gasteiger partial charge in [-0.15, -0.1) is 5.10 Å². The van der Waals surface area contributed by atoms with E-state index in [1.165, 1.54) is 5.01 Å². The number of carbonyl (C=O) groups excluding carboxylic acids is 1. The monoisotopic (exact) mass is 434 g/mol. The molecular weight excluding hydrogens is 408 g/mol. The van der Waals surface area contributed by atoms with Crippen molar-refractivity contribution in [3.05, 3.63) is 59.3 Å². The molecule has 0 bridgehead atoms. The van der Waals surface area contributed by atoms with Crippen LogP contribution in [-0.2, 0) is 13.5 Å². The molecule has 1 N–H and O–H groups in total. The summed E-state index contributed by atoms with van der Waals surface area (Å²) in [6.07, 6.45) is 2.48. The fraction of sp³-hybridized carbons (Fsp3) is 0.304. The summed E-state index contributed by atoms with van der Waals surface area (Å²) < 4.78 is 12.7. The van der Waals surface area contributed by atoms with E-state index in [0.29, 0.717) is 23.6 Å². The number of ether oxygens (including phenoxy) is 2. The summed E-state index contributed by atoms with van der Waals surface area (Å²) in [5, 5.41) is 17.1. The number of methoxy groups -OCH3 is 2. The molecule has 1 unspecified atom stereocenters. The molecule has 4 rings (SSSR count). The first-order valence-corrected chi connectivity index (χ1v) is 10.3. The fourth-order valence-corrected chi connectivity index (χ4v) is 3.83. The highest BCUT2D eigenvalue weighted by atomic mass is 16.5. The minimum Gasteiger partial charge on any atom is -0.493 e. The normalized spacial score (nSPS) is 15.5. The lowest BCUT2D eigenvalue weighted by Gasteiger charge is -2.22. The van der Waals surface area contributed by atoms with E-state index < -0.39 is 0 Å². The number of hydrogen-bond acceptors (Lipinski definition) is 6. The molecule has 2 aromatic carbocycles. The highest BCUT2D eigenvalue weighted by molar-refractivity contribution is 6.14. The zero-order chi connectivity index (χ0) is 22.8. The van der Waals surface area contributed by atoms with Gasteiger partial charge in [0, 0.05) is 30.8 Å². The van der Waals surface area contributed by atoms with Crippen LogP contribution in [0.2, 0.25) is 0 Å². The van der Waals surface area contributed by atoms with Gasteiger partial charge in [-0.2, -0.15) is 5.10 Å². The quantitative estimate of drug-likeness (QED) is 0.682. The maximum atomic E-state index is 12.6. The Morgan fingerprint density at radius 3 is 2.34 bits per heavy atom. The summed E-state index contributed by atoms with van der Waals surface area (Å²) in [4.78, 5) is 12.6. The highest BCUT2D eigenvalue weighted by Crippen LogP contribution is 2.34. The number of nitrogens with one attached hydrogen (secondary N) is 1. The number of carbonyl (C=O) groups is 1. The van der Waals surface area contributed by atoms with Crippen molar-refractivity contribution in [2.75, 3.05) is 21.3 Å². The zero-order valence-electron chi connectivity index (χ0n) is 18.8. The summed E-state index contributed by atoms with van der Waals surface area (Å²) in [6.45, 7) is 1.97. The molecule has 166 valence electrons. The Bertz CT molecular complexity index is 1170. The number of hydrogen-bond donors (Lipinski definition) is 1. The molecule has 0 radical (unpaired) electrons. The molecule has 0 saturated heterocycles.